The zero-order valence-electron chi connectivity index (χ0n) is 15.4. The van der Waals surface area contributed by atoms with Crippen LogP contribution in [-0.4, -0.2) is 20.3 Å². The first kappa shape index (κ1) is 18.9. The van der Waals surface area contributed by atoms with Crippen LogP contribution in [-0.2, 0) is 6.18 Å². The summed E-state index contributed by atoms with van der Waals surface area (Å²) in [6.07, 6.45) is -4.65. The number of alkyl halides is 3. The Labute approximate surface area is 170 Å². The molecule has 0 saturated heterocycles. The second-order valence-corrected chi connectivity index (χ2v) is 6.60. The Morgan fingerprint density at radius 2 is 1.65 bits per heavy atom. The third-order valence-electron chi connectivity index (χ3n) is 4.45. The second-order valence-electron chi connectivity index (χ2n) is 6.60. The molecule has 0 atom stereocenters. The minimum Gasteiger partial charge on any atom is -0.457 e. The van der Waals surface area contributed by atoms with Crippen molar-refractivity contribution in [2.24, 2.45) is 0 Å². The van der Waals surface area contributed by atoms with Gasteiger partial charge >= 0.3 is 6.18 Å². The fourth-order valence-electron chi connectivity index (χ4n) is 3.00. The molecule has 5 aromatic rings. The molecule has 0 unspecified atom stereocenters. The number of aromatic amines is 1. The predicted octanol–water partition coefficient (Wildman–Crippen LogP) is 5.79. The standard InChI is InChI=1S/C20H11F4N5O2/c21-14-7-10(20(22,23)24)8-17-18(14)27-19(26-17)25-11-1-3-12(4-2-11)30-13-5-6-15-16(9-13)29-31-28-15/h1-9H,(H2,25,26,27). The van der Waals surface area contributed by atoms with Crippen molar-refractivity contribution in [3.63, 3.8) is 0 Å². The number of halogens is 4. The topological polar surface area (TPSA) is 88.9 Å². The van der Waals surface area contributed by atoms with Gasteiger partial charge in [-0.05, 0) is 58.8 Å². The lowest BCUT2D eigenvalue weighted by Gasteiger charge is -2.07. The lowest BCUT2D eigenvalue weighted by molar-refractivity contribution is -0.137. The highest BCUT2D eigenvalue weighted by Gasteiger charge is 2.32. The summed E-state index contributed by atoms with van der Waals surface area (Å²) in [6, 6.07) is 13.1. The molecule has 0 fully saturated rings. The van der Waals surface area contributed by atoms with E-state index in [0.29, 0.717) is 34.3 Å². The molecule has 0 aliphatic carbocycles. The van der Waals surface area contributed by atoms with E-state index in [2.05, 4.69) is 30.2 Å². The van der Waals surface area contributed by atoms with Crippen molar-refractivity contribution in [3.8, 4) is 11.5 Å². The fraction of sp³-hybridized carbons (Fsp3) is 0.0500. The zero-order valence-corrected chi connectivity index (χ0v) is 15.4. The first-order valence-corrected chi connectivity index (χ1v) is 8.89. The van der Waals surface area contributed by atoms with E-state index in [-0.39, 0.29) is 17.0 Å². The lowest BCUT2D eigenvalue weighted by Crippen LogP contribution is -2.05. The molecule has 7 nitrogen and oxygen atoms in total. The van der Waals surface area contributed by atoms with E-state index >= 15 is 0 Å². The Balaban J connectivity index is 1.34. The summed E-state index contributed by atoms with van der Waals surface area (Å²) in [5.41, 5.74) is 0.395. The molecule has 31 heavy (non-hydrogen) atoms. The average molecular weight is 429 g/mol. The highest BCUT2D eigenvalue weighted by molar-refractivity contribution is 5.80. The van der Waals surface area contributed by atoms with Crippen molar-refractivity contribution in [1.29, 1.82) is 0 Å². The van der Waals surface area contributed by atoms with Crippen LogP contribution >= 0.6 is 0 Å². The highest BCUT2D eigenvalue weighted by atomic mass is 19.4. The normalized spacial score (nSPS) is 11.9. The average Bonchev–Trinajstić information content (AvgIpc) is 3.35. The van der Waals surface area contributed by atoms with Crippen molar-refractivity contribution in [1.82, 2.24) is 20.3 Å². The van der Waals surface area contributed by atoms with Gasteiger partial charge in [-0.3, -0.25) is 0 Å². The van der Waals surface area contributed by atoms with Crippen LogP contribution < -0.4 is 10.1 Å². The SMILES string of the molecule is Fc1cc(C(F)(F)F)cc2[nH]c(Nc3ccc(Oc4ccc5nonc5c4)cc3)nc12. The number of benzene rings is 3. The van der Waals surface area contributed by atoms with Crippen LogP contribution in [0.4, 0.5) is 29.2 Å². The van der Waals surface area contributed by atoms with E-state index in [1.54, 1.807) is 42.5 Å². The number of fused-ring (bicyclic) bond motifs is 2. The smallest absolute Gasteiger partial charge is 0.416 e. The number of anilines is 2. The number of H-pyrrole nitrogens is 1. The van der Waals surface area contributed by atoms with E-state index in [0.717, 1.165) is 6.07 Å². The molecule has 0 amide bonds. The number of nitrogens with zero attached hydrogens (tertiary/aromatic N) is 3. The third-order valence-corrected chi connectivity index (χ3v) is 4.45. The van der Waals surface area contributed by atoms with Crippen molar-refractivity contribution in [2.45, 2.75) is 6.18 Å². The number of ether oxygens (including phenoxy) is 1. The summed E-state index contributed by atoms with van der Waals surface area (Å²) in [5.74, 6) is 0.118. The Hall–Kier alpha value is -4.15. The zero-order chi connectivity index (χ0) is 21.6. The maximum Gasteiger partial charge on any atom is 0.416 e. The summed E-state index contributed by atoms with van der Waals surface area (Å²) in [4.78, 5) is 6.63. The van der Waals surface area contributed by atoms with Gasteiger partial charge in [0.15, 0.2) is 5.82 Å². The Kier molecular flexibility index (Phi) is 4.24. The van der Waals surface area contributed by atoms with E-state index in [9.17, 15) is 17.6 Å². The predicted molar refractivity (Wildman–Crippen MR) is 103 cm³/mol. The van der Waals surface area contributed by atoms with Gasteiger partial charge in [0, 0.05) is 11.8 Å². The molecular formula is C20H11F4N5O2. The molecule has 2 heterocycles. The Morgan fingerprint density at radius 1 is 0.903 bits per heavy atom. The number of hydrogen-bond acceptors (Lipinski definition) is 6. The number of nitrogens with one attached hydrogen (secondary N) is 2. The summed E-state index contributed by atoms with van der Waals surface area (Å²) < 4.78 is 63.0. The molecule has 3 aromatic carbocycles. The van der Waals surface area contributed by atoms with Gasteiger partial charge in [0.1, 0.15) is 28.0 Å². The summed E-state index contributed by atoms with van der Waals surface area (Å²) in [5, 5.41) is 10.4. The van der Waals surface area contributed by atoms with Crippen molar-refractivity contribution in [3.05, 3.63) is 66.0 Å². The molecule has 0 radical (unpaired) electrons. The van der Waals surface area contributed by atoms with Gasteiger partial charge in [-0.25, -0.2) is 14.0 Å². The number of imidazole rings is 1. The van der Waals surface area contributed by atoms with Crippen LogP contribution in [0.1, 0.15) is 5.56 Å². The summed E-state index contributed by atoms with van der Waals surface area (Å²) in [6.45, 7) is 0. The van der Waals surface area contributed by atoms with Gasteiger partial charge in [0.05, 0.1) is 11.1 Å². The van der Waals surface area contributed by atoms with Gasteiger partial charge < -0.3 is 15.0 Å². The molecule has 0 bridgehead atoms. The second kappa shape index (κ2) is 6.97. The summed E-state index contributed by atoms with van der Waals surface area (Å²) >= 11 is 0. The lowest BCUT2D eigenvalue weighted by atomic mass is 10.2. The van der Waals surface area contributed by atoms with Gasteiger partial charge in [-0.2, -0.15) is 13.2 Å². The maximum atomic E-state index is 14.0. The molecule has 0 aliphatic heterocycles. The summed E-state index contributed by atoms with van der Waals surface area (Å²) in [7, 11) is 0. The molecule has 156 valence electrons. The van der Waals surface area contributed by atoms with Crippen LogP contribution in [0.3, 0.4) is 0 Å². The molecule has 0 saturated carbocycles. The fourth-order valence-corrected chi connectivity index (χ4v) is 3.00. The minimum atomic E-state index is -4.65. The quantitative estimate of drug-likeness (QED) is 0.352. The van der Waals surface area contributed by atoms with Crippen LogP contribution in [0, 0.1) is 5.82 Å². The molecule has 11 heteroatoms. The highest BCUT2D eigenvalue weighted by Crippen LogP contribution is 2.33. The maximum absolute atomic E-state index is 14.0. The van der Waals surface area contributed by atoms with Crippen molar-refractivity contribution in [2.75, 3.05) is 5.32 Å². The third kappa shape index (κ3) is 3.72. The van der Waals surface area contributed by atoms with Crippen molar-refractivity contribution >= 4 is 33.7 Å². The first-order valence-electron chi connectivity index (χ1n) is 8.89. The minimum absolute atomic E-state index is 0.0625. The van der Waals surface area contributed by atoms with Gasteiger partial charge in [0.2, 0.25) is 5.95 Å². The van der Waals surface area contributed by atoms with Crippen LogP contribution in [0.25, 0.3) is 22.1 Å². The van der Waals surface area contributed by atoms with Crippen molar-refractivity contribution < 1.29 is 26.9 Å². The Morgan fingerprint density at radius 3 is 2.42 bits per heavy atom. The van der Waals surface area contributed by atoms with Crippen LogP contribution in [0.15, 0.2) is 59.2 Å². The van der Waals surface area contributed by atoms with Gasteiger partial charge in [0.25, 0.3) is 0 Å². The number of aromatic nitrogens is 4. The molecule has 2 aromatic heterocycles. The largest absolute Gasteiger partial charge is 0.457 e. The Bertz CT molecular complexity index is 1390. The van der Waals surface area contributed by atoms with E-state index in [1.165, 1.54) is 0 Å². The van der Waals surface area contributed by atoms with Gasteiger partial charge in [-0.15, -0.1) is 0 Å². The van der Waals surface area contributed by atoms with Crippen LogP contribution in [0.2, 0.25) is 0 Å². The molecule has 5 rings (SSSR count). The van der Waals surface area contributed by atoms with E-state index in [4.69, 9.17) is 4.74 Å². The molecule has 0 spiro atoms. The molecule has 2 N–H and O–H groups in total. The number of hydrogen-bond donors (Lipinski definition) is 2. The van der Waals surface area contributed by atoms with E-state index in [1.807, 2.05) is 0 Å². The van der Waals surface area contributed by atoms with Gasteiger partial charge in [-0.1, -0.05) is 0 Å². The van der Waals surface area contributed by atoms with E-state index < -0.39 is 17.6 Å². The first-order chi connectivity index (χ1) is 14.8. The molecular weight excluding hydrogens is 418 g/mol. The molecule has 0 aliphatic rings. The number of rotatable bonds is 4. The van der Waals surface area contributed by atoms with Crippen LogP contribution in [0.5, 0.6) is 11.5 Å². The monoisotopic (exact) mass is 429 g/mol.